The Hall–Kier alpha value is -2.08. The van der Waals surface area contributed by atoms with Crippen LogP contribution in [0, 0.1) is 5.92 Å². The number of urea groups is 1. The van der Waals surface area contributed by atoms with E-state index in [1.54, 1.807) is 0 Å². The predicted octanol–water partition coefficient (Wildman–Crippen LogP) is 2.54. The number of esters is 1. The second-order valence-electron chi connectivity index (χ2n) is 7.04. The molecule has 0 saturated carbocycles. The molecule has 144 valence electrons. The van der Waals surface area contributed by atoms with Crippen LogP contribution >= 0.6 is 0 Å². The lowest BCUT2D eigenvalue weighted by Crippen LogP contribution is -2.53. The van der Waals surface area contributed by atoms with Crippen LogP contribution in [0.25, 0.3) is 0 Å². The molecule has 1 saturated heterocycles. The first-order valence-corrected chi connectivity index (χ1v) is 9.44. The van der Waals surface area contributed by atoms with Crippen molar-refractivity contribution in [2.45, 2.75) is 51.7 Å². The molecule has 0 aromatic heterocycles. The zero-order chi connectivity index (χ0) is 18.9. The van der Waals surface area contributed by atoms with Crippen LogP contribution in [0.4, 0.5) is 4.79 Å². The van der Waals surface area contributed by atoms with Crippen molar-refractivity contribution in [2.24, 2.45) is 5.92 Å². The number of nitrogens with zero attached hydrogens (tertiary/aromatic N) is 1. The monoisotopic (exact) mass is 361 g/mol. The third-order valence-corrected chi connectivity index (χ3v) is 5.13. The lowest BCUT2D eigenvalue weighted by molar-refractivity contribution is -0.144. The van der Waals surface area contributed by atoms with Crippen LogP contribution in [0.5, 0.6) is 0 Å². The zero-order valence-corrected chi connectivity index (χ0v) is 16.0. The summed E-state index contributed by atoms with van der Waals surface area (Å²) < 4.78 is 4.81. The van der Waals surface area contributed by atoms with Gasteiger partial charge in [0.1, 0.15) is 6.04 Å². The Morgan fingerprint density at radius 2 is 1.88 bits per heavy atom. The SMILES string of the molecule is CC[C@@H](C)[C@H](NC(=O)NC1CCN(Cc2ccccc2)CC1)C(=O)OC. The van der Waals surface area contributed by atoms with Crippen molar-refractivity contribution in [1.82, 2.24) is 15.5 Å². The molecule has 1 heterocycles. The van der Waals surface area contributed by atoms with Crippen molar-refractivity contribution in [1.29, 1.82) is 0 Å². The maximum atomic E-state index is 12.3. The highest BCUT2D eigenvalue weighted by molar-refractivity contribution is 5.83. The first-order valence-electron chi connectivity index (χ1n) is 9.44. The molecular formula is C20H31N3O3. The van der Waals surface area contributed by atoms with Crippen molar-refractivity contribution in [2.75, 3.05) is 20.2 Å². The summed E-state index contributed by atoms with van der Waals surface area (Å²) in [6.07, 6.45) is 2.61. The fourth-order valence-corrected chi connectivity index (χ4v) is 3.24. The van der Waals surface area contributed by atoms with E-state index in [2.05, 4.69) is 39.8 Å². The van der Waals surface area contributed by atoms with Gasteiger partial charge in [-0.2, -0.15) is 0 Å². The number of carbonyl (C=O) groups excluding carboxylic acids is 2. The van der Waals surface area contributed by atoms with Crippen LogP contribution in [-0.2, 0) is 16.1 Å². The number of hydrogen-bond donors (Lipinski definition) is 2. The van der Waals surface area contributed by atoms with Gasteiger partial charge in [-0.1, -0.05) is 50.6 Å². The maximum Gasteiger partial charge on any atom is 0.328 e. The highest BCUT2D eigenvalue weighted by Crippen LogP contribution is 2.14. The smallest absolute Gasteiger partial charge is 0.328 e. The average Bonchev–Trinajstić information content (AvgIpc) is 2.67. The van der Waals surface area contributed by atoms with E-state index in [1.165, 1.54) is 12.7 Å². The normalized spacial score (nSPS) is 18.0. The Balaban J connectivity index is 1.77. The Bertz CT molecular complexity index is 571. The summed E-state index contributed by atoms with van der Waals surface area (Å²) in [4.78, 5) is 26.6. The minimum absolute atomic E-state index is 0.0286. The quantitative estimate of drug-likeness (QED) is 0.732. The molecule has 2 N–H and O–H groups in total. The zero-order valence-electron chi connectivity index (χ0n) is 16.0. The average molecular weight is 361 g/mol. The first kappa shape index (κ1) is 20.2. The summed E-state index contributed by atoms with van der Waals surface area (Å²) in [5.41, 5.74) is 1.31. The summed E-state index contributed by atoms with van der Waals surface area (Å²) in [6, 6.07) is 9.66. The van der Waals surface area contributed by atoms with Crippen LogP contribution in [0.1, 0.15) is 38.7 Å². The molecular weight excluding hydrogens is 330 g/mol. The number of hydrogen-bond acceptors (Lipinski definition) is 4. The van der Waals surface area contributed by atoms with E-state index in [4.69, 9.17) is 4.74 Å². The molecule has 6 nitrogen and oxygen atoms in total. The van der Waals surface area contributed by atoms with Gasteiger partial charge in [0.2, 0.25) is 0 Å². The molecule has 2 amide bonds. The Labute approximate surface area is 156 Å². The second-order valence-corrected chi connectivity index (χ2v) is 7.04. The topological polar surface area (TPSA) is 70.7 Å². The van der Waals surface area contributed by atoms with Gasteiger partial charge in [-0.3, -0.25) is 4.90 Å². The Kier molecular flexibility index (Phi) is 7.91. The molecule has 1 aromatic carbocycles. The lowest BCUT2D eigenvalue weighted by Gasteiger charge is -2.33. The summed E-state index contributed by atoms with van der Waals surface area (Å²) in [6.45, 7) is 6.77. The molecule has 0 bridgehead atoms. The van der Waals surface area contributed by atoms with Gasteiger partial charge in [-0.15, -0.1) is 0 Å². The van der Waals surface area contributed by atoms with Gasteiger partial charge in [0.15, 0.2) is 0 Å². The molecule has 0 radical (unpaired) electrons. The van der Waals surface area contributed by atoms with E-state index in [-0.39, 0.29) is 18.0 Å². The summed E-state index contributed by atoms with van der Waals surface area (Å²) in [5, 5.41) is 5.79. The highest BCUT2D eigenvalue weighted by atomic mass is 16.5. The lowest BCUT2D eigenvalue weighted by atomic mass is 9.99. The number of piperidine rings is 1. The van der Waals surface area contributed by atoms with Gasteiger partial charge in [-0.05, 0) is 24.3 Å². The van der Waals surface area contributed by atoms with E-state index in [0.717, 1.165) is 38.9 Å². The third-order valence-electron chi connectivity index (χ3n) is 5.13. The highest BCUT2D eigenvalue weighted by Gasteiger charge is 2.28. The van der Waals surface area contributed by atoms with Gasteiger partial charge in [0, 0.05) is 25.7 Å². The van der Waals surface area contributed by atoms with E-state index in [1.807, 2.05) is 19.9 Å². The fourth-order valence-electron chi connectivity index (χ4n) is 3.24. The molecule has 1 aliphatic rings. The van der Waals surface area contributed by atoms with Gasteiger partial charge < -0.3 is 15.4 Å². The third kappa shape index (κ3) is 6.02. The number of ether oxygens (including phenoxy) is 1. The minimum Gasteiger partial charge on any atom is -0.467 e. The predicted molar refractivity (Wildman–Crippen MR) is 102 cm³/mol. The van der Waals surface area contributed by atoms with Gasteiger partial charge in [-0.25, -0.2) is 9.59 Å². The molecule has 6 heteroatoms. The first-order chi connectivity index (χ1) is 12.5. The van der Waals surface area contributed by atoms with Crippen molar-refractivity contribution in [3.05, 3.63) is 35.9 Å². The molecule has 2 rings (SSSR count). The number of amides is 2. The fraction of sp³-hybridized carbons (Fsp3) is 0.600. The van der Waals surface area contributed by atoms with Crippen LogP contribution in [-0.4, -0.2) is 49.2 Å². The molecule has 0 spiro atoms. The van der Waals surface area contributed by atoms with Gasteiger partial charge >= 0.3 is 12.0 Å². The molecule has 1 aromatic rings. The van der Waals surface area contributed by atoms with Crippen molar-refractivity contribution >= 4 is 12.0 Å². The number of methoxy groups -OCH3 is 1. The van der Waals surface area contributed by atoms with Gasteiger partial charge in [0.05, 0.1) is 7.11 Å². The molecule has 1 fully saturated rings. The van der Waals surface area contributed by atoms with Crippen LogP contribution in [0.3, 0.4) is 0 Å². The van der Waals surface area contributed by atoms with Crippen LogP contribution in [0.2, 0.25) is 0 Å². The van der Waals surface area contributed by atoms with Crippen molar-refractivity contribution in [3.8, 4) is 0 Å². The summed E-state index contributed by atoms with van der Waals surface area (Å²) >= 11 is 0. The van der Waals surface area contributed by atoms with Crippen molar-refractivity contribution in [3.63, 3.8) is 0 Å². The summed E-state index contributed by atoms with van der Waals surface area (Å²) in [5.74, 6) is -0.367. The van der Waals surface area contributed by atoms with E-state index < -0.39 is 12.0 Å². The maximum absolute atomic E-state index is 12.3. The number of carbonyl (C=O) groups is 2. The molecule has 0 aliphatic carbocycles. The largest absolute Gasteiger partial charge is 0.467 e. The van der Waals surface area contributed by atoms with Gasteiger partial charge in [0.25, 0.3) is 0 Å². The standard InChI is InChI=1S/C20H31N3O3/c1-4-15(2)18(19(24)26-3)22-20(25)21-17-10-12-23(13-11-17)14-16-8-6-5-7-9-16/h5-9,15,17-18H,4,10-14H2,1-3H3,(H2,21,22,25)/t15-,18+/m1/s1. The van der Waals surface area contributed by atoms with Crippen LogP contribution < -0.4 is 10.6 Å². The number of benzene rings is 1. The Morgan fingerprint density at radius 1 is 1.23 bits per heavy atom. The molecule has 2 atom stereocenters. The molecule has 26 heavy (non-hydrogen) atoms. The van der Waals surface area contributed by atoms with Crippen molar-refractivity contribution < 1.29 is 14.3 Å². The van der Waals surface area contributed by atoms with E-state index in [0.29, 0.717) is 0 Å². The Morgan fingerprint density at radius 3 is 2.46 bits per heavy atom. The number of nitrogens with one attached hydrogen (secondary N) is 2. The second kappa shape index (κ2) is 10.2. The minimum atomic E-state index is -0.608. The number of likely N-dealkylation sites (tertiary alicyclic amines) is 1. The number of rotatable bonds is 7. The molecule has 0 unspecified atom stereocenters. The van der Waals surface area contributed by atoms with E-state index >= 15 is 0 Å². The summed E-state index contributed by atoms with van der Waals surface area (Å²) in [7, 11) is 1.35. The molecule has 1 aliphatic heterocycles. The van der Waals surface area contributed by atoms with E-state index in [9.17, 15) is 9.59 Å². The van der Waals surface area contributed by atoms with Crippen LogP contribution in [0.15, 0.2) is 30.3 Å².